The van der Waals surface area contributed by atoms with E-state index in [1.165, 1.54) is 129 Å². The van der Waals surface area contributed by atoms with E-state index >= 15 is 0 Å². The van der Waals surface area contributed by atoms with Gasteiger partial charge in [0, 0.05) is 72.6 Å². The van der Waals surface area contributed by atoms with Gasteiger partial charge in [0.1, 0.15) is 0 Å². The normalized spacial score (nSPS) is 21.7. The molecule has 0 atom stereocenters. The van der Waals surface area contributed by atoms with Crippen LogP contribution in [0, 0.1) is 17.8 Å². The van der Waals surface area contributed by atoms with Crippen molar-refractivity contribution in [3.05, 3.63) is 69.8 Å². The maximum Gasteiger partial charge on any atom is 0.0681 e. The Morgan fingerprint density at radius 2 is 0.608 bits per heavy atom. The topological polar surface area (TPSA) is 71.3 Å². The molecular weight excluding hydrogens is 905 g/mol. The van der Waals surface area contributed by atoms with Crippen molar-refractivity contribution in [1.82, 2.24) is 39.1 Å². The van der Waals surface area contributed by atoms with Crippen LogP contribution in [0.3, 0.4) is 0 Å². The van der Waals surface area contributed by atoms with E-state index in [1.54, 1.807) is 0 Å². The number of rotatable bonds is 5. The van der Waals surface area contributed by atoms with Gasteiger partial charge in [0.2, 0.25) is 0 Å². The number of hydrogen-bond donors (Lipinski definition) is 0. The Morgan fingerprint density at radius 3 is 0.892 bits per heavy atom. The van der Waals surface area contributed by atoms with Crippen LogP contribution in [0.2, 0.25) is 0 Å². The summed E-state index contributed by atoms with van der Waals surface area (Å²) in [6.07, 6.45) is 17.3. The van der Waals surface area contributed by atoms with Gasteiger partial charge >= 0.3 is 0 Å². The molecule has 0 unspecified atom stereocenters. The van der Waals surface area contributed by atoms with Gasteiger partial charge in [0.15, 0.2) is 0 Å². The lowest BCUT2D eigenvalue weighted by Gasteiger charge is -2.36. The van der Waals surface area contributed by atoms with Crippen molar-refractivity contribution in [3.8, 4) is 0 Å². The second kappa shape index (κ2) is 22.7. The molecule has 0 N–H and O–H groups in total. The number of hydrogen-bond acceptors (Lipinski definition) is 4. The highest BCUT2D eigenvalue weighted by Gasteiger charge is 2.36. The van der Waals surface area contributed by atoms with Gasteiger partial charge in [-0.25, -0.2) is 0 Å². The van der Waals surface area contributed by atoms with E-state index in [9.17, 15) is 0 Å². The highest BCUT2D eigenvalue weighted by molar-refractivity contribution is 5.27. The third-order valence-electron chi connectivity index (χ3n) is 16.3. The molecule has 4 saturated carbocycles. The maximum absolute atomic E-state index is 4.99. The first-order chi connectivity index (χ1) is 33.5. The minimum Gasteiger partial charge on any atom is -0.268 e. The standard InChI is InChI=1S/2C17H30N2.2C16H28N2/c1-12-8-13(9-12)11-19-15(17(5,6)7)10-14(18-19)16(2,3)4;1-16(2,3)14-12-15(17(4,5)6)19(18-14)13-10-8-7-9-11-13;1-11-8-12(9-11)18-14(16(5,6)7)10-13(17-18)15(2,3)4;1-15(2,3)13-11-14(16(4,5)6)18(17-13)12-9-7-8-10-12/h10,12-13H,8-9,11H2,1-7H3;12-13H,7-11H2,1-6H3;10-12H,8-9H2,1-7H3;11-12H,7-10H2,1-6H3. The summed E-state index contributed by atoms with van der Waals surface area (Å²) in [5.74, 6) is 2.62. The molecule has 0 radical (unpaired) electrons. The van der Waals surface area contributed by atoms with Crippen LogP contribution >= 0.6 is 0 Å². The molecule has 74 heavy (non-hydrogen) atoms. The predicted molar refractivity (Wildman–Crippen MR) is 317 cm³/mol. The van der Waals surface area contributed by atoms with Crippen LogP contribution in [0.1, 0.15) is 327 Å². The first kappa shape index (κ1) is 61.7. The quantitative estimate of drug-likeness (QED) is 0.200. The first-order valence-corrected chi connectivity index (χ1v) is 30.0. The molecule has 4 fully saturated rings. The zero-order valence-electron chi connectivity index (χ0n) is 53.3. The highest BCUT2D eigenvalue weighted by Crippen LogP contribution is 2.42. The second-order valence-electron chi connectivity index (χ2n) is 32.6. The summed E-state index contributed by atoms with van der Waals surface area (Å²) < 4.78 is 9.31. The SMILES string of the molecule is CC(C)(C)c1cc(C(C)(C)C)n(C2CCCC2)n1.CC(C)(C)c1cc(C(C)(C)C)n(C2CCCCC2)n1.CC1CC(Cn2nc(C(C)(C)C)cc2C(C)(C)C)C1.CC1CC(n2nc(C(C)(C)C)cc2C(C)(C)C)C1. The summed E-state index contributed by atoms with van der Waals surface area (Å²) in [5.41, 5.74) is 11.8. The highest BCUT2D eigenvalue weighted by atomic mass is 15.3. The number of aromatic nitrogens is 8. The molecule has 0 saturated heterocycles. The van der Waals surface area contributed by atoms with Gasteiger partial charge in [0.25, 0.3) is 0 Å². The first-order valence-electron chi connectivity index (χ1n) is 30.0. The van der Waals surface area contributed by atoms with E-state index in [2.05, 4.69) is 223 Å². The average molecular weight is 1020 g/mol. The van der Waals surface area contributed by atoms with Crippen LogP contribution < -0.4 is 0 Å². The van der Waals surface area contributed by atoms with Crippen molar-refractivity contribution < 1.29 is 0 Å². The molecule has 0 bridgehead atoms. The molecule has 4 aliphatic rings. The molecule has 8 rings (SSSR count). The van der Waals surface area contributed by atoms with Crippen LogP contribution in [0.4, 0.5) is 0 Å². The van der Waals surface area contributed by atoms with Crippen molar-refractivity contribution >= 4 is 0 Å². The summed E-state index contributed by atoms with van der Waals surface area (Å²) in [6.45, 7) is 60.3. The fourth-order valence-electron chi connectivity index (χ4n) is 11.3. The Kier molecular flexibility index (Phi) is 18.9. The van der Waals surface area contributed by atoms with Gasteiger partial charge in [-0.2, -0.15) is 20.4 Å². The van der Waals surface area contributed by atoms with Crippen molar-refractivity contribution in [2.45, 2.75) is 331 Å². The van der Waals surface area contributed by atoms with Crippen LogP contribution in [0.25, 0.3) is 0 Å². The van der Waals surface area contributed by atoms with Crippen molar-refractivity contribution in [1.29, 1.82) is 0 Å². The Balaban J connectivity index is 0.000000183. The zero-order valence-corrected chi connectivity index (χ0v) is 53.3. The summed E-state index contributed by atoms with van der Waals surface area (Å²) in [4.78, 5) is 0. The van der Waals surface area contributed by atoms with Gasteiger partial charge in [-0.3, -0.25) is 18.7 Å². The molecular formula is C66H116N8. The van der Waals surface area contributed by atoms with E-state index in [4.69, 9.17) is 20.4 Å². The van der Waals surface area contributed by atoms with Crippen LogP contribution in [0.5, 0.6) is 0 Å². The molecule has 0 spiro atoms. The van der Waals surface area contributed by atoms with Crippen LogP contribution in [0.15, 0.2) is 24.3 Å². The van der Waals surface area contributed by atoms with Crippen molar-refractivity contribution in [2.24, 2.45) is 17.8 Å². The molecule has 8 heteroatoms. The van der Waals surface area contributed by atoms with E-state index in [0.717, 1.165) is 24.3 Å². The lowest BCUT2D eigenvalue weighted by Crippen LogP contribution is -2.30. The minimum atomic E-state index is 0.137. The molecule has 0 aromatic carbocycles. The fourth-order valence-corrected chi connectivity index (χ4v) is 11.3. The molecule has 8 nitrogen and oxygen atoms in total. The average Bonchev–Trinajstić information content (AvgIpc) is 4.05. The molecule has 0 amide bonds. The molecule has 4 aromatic rings. The Morgan fingerprint density at radius 1 is 0.338 bits per heavy atom. The monoisotopic (exact) mass is 1020 g/mol. The Labute approximate surface area is 456 Å². The molecule has 4 aromatic heterocycles. The lowest BCUT2D eigenvalue weighted by molar-refractivity contribution is 0.178. The van der Waals surface area contributed by atoms with E-state index in [0.29, 0.717) is 18.1 Å². The smallest absolute Gasteiger partial charge is 0.0681 e. The van der Waals surface area contributed by atoms with Gasteiger partial charge in [-0.15, -0.1) is 0 Å². The lowest BCUT2D eigenvalue weighted by atomic mass is 9.76. The second-order valence-corrected chi connectivity index (χ2v) is 32.6. The van der Waals surface area contributed by atoms with E-state index in [1.807, 2.05) is 0 Å². The Bertz CT molecular complexity index is 2370. The minimum absolute atomic E-state index is 0.137. The molecule has 4 heterocycles. The molecule has 0 aliphatic heterocycles. The maximum atomic E-state index is 4.99. The summed E-state index contributed by atoms with van der Waals surface area (Å²) >= 11 is 0. The Hall–Kier alpha value is -3.16. The summed E-state index contributed by atoms with van der Waals surface area (Å²) in [5, 5.41) is 19.8. The van der Waals surface area contributed by atoms with E-state index in [-0.39, 0.29) is 43.3 Å². The molecule has 420 valence electrons. The van der Waals surface area contributed by atoms with Crippen LogP contribution in [-0.4, -0.2) is 39.1 Å². The van der Waals surface area contributed by atoms with E-state index < -0.39 is 0 Å². The van der Waals surface area contributed by atoms with Crippen molar-refractivity contribution in [2.75, 3.05) is 0 Å². The summed E-state index contributed by atoms with van der Waals surface area (Å²) in [6, 6.07) is 11.2. The van der Waals surface area contributed by atoms with Crippen molar-refractivity contribution in [3.63, 3.8) is 0 Å². The fraction of sp³-hybridized carbons (Fsp3) is 0.818. The third-order valence-corrected chi connectivity index (χ3v) is 16.3. The van der Waals surface area contributed by atoms with Gasteiger partial charge < -0.3 is 0 Å². The predicted octanol–water partition coefficient (Wildman–Crippen LogP) is 18.5. The largest absolute Gasteiger partial charge is 0.268 e. The number of nitrogens with zero attached hydrogens (tertiary/aromatic N) is 8. The van der Waals surface area contributed by atoms with Gasteiger partial charge in [-0.1, -0.05) is 212 Å². The van der Waals surface area contributed by atoms with Crippen LogP contribution in [-0.2, 0) is 49.9 Å². The third kappa shape index (κ3) is 16.2. The summed E-state index contributed by atoms with van der Waals surface area (Å²) in [7, 11) is 0. The van der Waals surface area contributed by atoms with Gasteiger partial charge in [0.05, 0.1) is 40.9 Å². The molecule has 4 aliphatic carbocycles. The zero-order chi connectivity index (χ0) is 55.9. The van der Waals surface area contributed by atoms with Gasteiger partial charge in [-0.05, 0) is 93.4 Å².